The number of carbonyl (C=O) groups excluding carboxylic acids is 3. The van der Waals surface area contributed by atoms with Crippen LogP contribution in [-0.2, 0) is 16.6 Å². The van der Waals surface area contributed by atoms with Crippen LogP contribution in [0, 0.1) is 5.92 Å². The number of aromatic nitrogens is 4. The number of methoxy groups -OCH3 is 1. The highest BCUT2D eigenvalue weighted by Crippen LogP contribution is 2.37. The Morgan fingerprint density at radius 2 is 1.75 bits per heavy atom. The molecular weight excluding hydrogens is 755 g/mol. The zero-order valence-corrected chi connectivity index (χ0v) is 33.3. The molecule has 56 heavy (non-hydrogen) atoms. The minimum atomic E-state index is -0.701. The van der Waals surface area contributed by atoms with Crippen molar-refractivity contribution in [3.8, 4) is 5.75 Å². The third kappa shape index (κ3) is 7.16. The summed E-state index contributed by atoms with van der Waals surface area (Å²) in [4.78, 5) is 55.9. The fraction of sp³-hybridized carbons (Fsp3) is 0.439. The molecule has 1 unspecified atom stereocenters. The monoisotopic (exact) mass is 800 g/mol. The second-order valence-corrected chi connectivity index (χ2v) is 16.2. The highest BCUT2D eigenvalue weighted by molar-refractivity contribution is 6.44. The van der Waals surface area contributed by atoms with E-state index in [1.165, 1.54) is 0 Å². The fourth-order valence-electron chi connectivity index (χ4n) is 8.99. The minimum absolute atomic E-state index is 0.202. The quantitative estimate of drug-likeness (QED) is 0.160. The second-order valence-electron chi connectivity index (χ2n) is 15.4. The van der Waals surface area contributed by atoms with Crippen molar-refractivity contribution in [1.29, 1.82) is 0 Å². The number of imide groups is 1. The summed E-state index contributed by atoms with van der Waals surface area (Å²) in [7, 11) is 5.58. The van der Waals surface area contributed by atoms with E-state index >= 15 is 0 Å². The maximum atomic E-state index is 13.5. The molecule has 0 radical (unpaired) electrons. The number of imidazole rings is 1. The van der Waals surface area contributed by atoms with Gasteiger partial charge in [-0.1, -0.05) is 35.3 Å². The molecule has 2 saturated heterocycles. The number of halogens is 2. The van der Waals surface area contributed by atoms with E-state index in [0.717, 1.165) is 85.8 Å². The van der Waals surface area contributed by atoms with Gasteiger partial charge in [0.15, 0.2) is 0 Å². The van der Waals surface area contributed by atoms with E-state index in [0.29, 0.717) is 40.9 Å². The van der Waals surface area contributed by atoms with Gasteiger partial charge in [0.2, 0.25) is 11.8 Å². The summed E-state index contributed by atoms with van der Waals surface area (Å²) in [6.07, 6.45) is 8.95. The third-order valence-corrected chi connectivity index (χ3v) is 12.9. The van der Waals surface area contributed by atoms with E-state index in [2.05, 4.69) is 44.4 Å². The number of anilines is 2. The lowest BCUT2D eigenvalue weighted by atomic mass is 9.85. The molecule has 1 atom stereocenters. The molecule has 2 aromatic heterocycles. The van der Waals surface area contributed by atoms with Crippen molar-refractivity contribution in [1.82, 2.24) is 29.1 Å². The highest BCUT2D eigenvalue weighted by atomic mass is 35.5. The van der Waals surface area contributed by atoms with Crippen LogP contribution in [0.5, 0.6) is 5.75 Å². The van der Waals surface area contributed by atoms with Crippen molar-refractivity contribution < 1.29 is 19.1 Å². The molecule has 8 rings (SSSR count). The highest BCUT2D eigenvalue weighted by Gasteiger charge is 2.33. The van der Waals surface area contributed by atoms with Gasteiger partial charge in [0.05, 0.1) is 56.7 Å². The lowest BCUT2D eigenvalue weighted by molar-refractivity contribution is -0.135. The number of hydrogen-bond acceptors (Lipinski definition) is 8. The molecule has 3 amide bonds. The first-order valence-electron chi connectivity index (χ1n) is 19.3. The predicted octanol–water partition coefficient (Wildman–Crippen LogP) is 6.57. The summed E-state index contributed by atoms with van der Waals surface area (Å²) in [5.74, 6) is 0.0251. The number of hydrogen-bond donors (Lipinski definition) is 2. The predicted molar refractivity (Wildman–Crippen MR) is 218 cm³/mol. The molecule has 0 spiro atoms. The normalized spacial score (nSPS) is 20.9. The number of ether oxygens (including phenoxy) is 1. The average Bonchev–Trinajstić information content (AvgIpc) is 3.73. The van der Waals surface area contributed by atoms with Crippen molar-refractivity contribution >= 4 is 74.2 Å². The van der Waals surface area contributed by atoms with Crippen LogP contribution in [0.4, 0.5) is 11.4 Å². The molecule has 5 aromatic rings. The molecule has 3 aromatic carbocycles. The number of para-hydroxylation sites is 1. The molecule has 4 heterocycles. The van der Waals surface area contributed by atoms with Gasteiger partial charge in [-0.25, -0.2) is 4.79 Å². The zero-order chi connectivity index (χ0) is 39.2. The summed E-state index contributed by atoms with van der Waals surface area (Å²) in [6, 6.07) is 14.7. The fourth-order valence-corrected chi connectivity index (χ4v) is 9.38. The van der Waals surface area contributed by atoms with Crippen molar-refractivity contribution in [3.05, 3.63) is 80.8 Å². The zero-order valence-electron chi connectivity index (χ0n) is 31.8. The SMILES string of the molecule is COc1cc2nn([C@H]3CC[C@H](CN(C)C4CCN(c5cccc6c5n(C)c(=O)n6C5CCC(=O)NC5=O)CC4)CC3)cc2cc1NC(=O)c1cccc(Cl)c1Cl. The maximum absolute atomic E-state index is 13.5. The largest absolute Gasteiger partial charge is 0.494 e. The molecule has 2 aliphatic heterocycles. The van der Waals surface area contributed by atoms with Crippen LogP contribution in [0.1, 0.15) is 73.8 Å². The average molecular weight is 802 g/mol. The molecule has 13 nitrogen and oxygen atoms in total. The number of nitrogens with zero attached hydrogens (tertiary/aromatic N) is 6. The number of rotatable bonds is 9. The molecule has 0 bridgehead atoms. The number of carbonyl (C=O) groups is 3. The van der Waals surface area contributed by atoms with E-state index in [1.807, 2.05) is 24.3 Å². The van der Waals surface area contributed by atoms with Gasteiger partial charge in [-0.15, -0.1) is 0 Å². The Bertz CT molecular complexity index is 2390. The first-order chi connectivity index (χ1) is 27.0. The summed E-state index contributed by atoms with van der Waals surface area (Å²) < 4.78 is 10.9. The van der Waals surface area contributed by atoms with Crippen LogP contribution in [-0.4, -0.2) is 81.4 Å². The summed E-state index contributed by atoms with van der Waals surface area (Å²) in [6.45, 7) is 2.79. The lowest BCUT2D eigenvalue weighted by Crippen LogP contribution is -2.45. The van der Waals surface area contributed by atoms with E-state index in [-0.39, 0.29) is 34.5 Å². The van der Waals surface area contributed by atoms with Gasteiger partial charge in [0, 0.05) is 56.8 Å². The molecule has 1 aliphatic carbocycles. The van der Waals surface area contributed by atoms with Crippen molar-refractivity contribution in [2.24, 2.45) is 13.0 Å². The minimum Gasteiger partial charge on any atom is -0.494 e. The van der Waals surface area contributed by atoms with Gasteiger partial charge in [-0.05, 0) is 88.2 Å². The van der Waals surface area contributed by atoms with E-state index in [9.17, 15) is 19.2 Å². The first kappa shape index (κ1) is 38.0. The van der Waals surface area contributed by atoms with Crippen LogP contribution < -0.4 is 26.0 Å². The van der Waals surface area contributed by atoms with Crippen LogP contribution in [0.15, 0.2) is 59.5 Å². The van der Waals surface area contributed by atoms with Crippen molar-refractivity contribution in [3.63, 3.8) is 0 Å². The summed E-state index contributed by atoms with van der Waals surface area (Å²) >= 11 is 12.4. The molecule has 2 N–H and O–H groups in total. The summed E-state index contributed by atoms with van der Waals surface area (Å²) in [5, 5.41) is 11.7. The van der Waals surface area contributed by atoms with E-state index in [4.69, 9.17) is 33.0 Å². The van der Waals surface area contributed by atoms with Gasteiger partial charge in [0.25, 0.3) is 5.91 Å². The Labute approximate surface area is 334 Å². The van der Waals surface area contributed by atoms with Crippen LogP contribution in [0.3, 0.4) is 0 Å². The molecule has 1 saturated carbocycles. The van der Waals surface area contributed by atoms with Gasteiger partial charge in [-0.3, -0.25) is 33.5 Å². The lowest BCUT2D eigenvalue weighted by Gasteiger charge is -2.40. The van der Waals surface area contributed by atoms with Gasteiger partial charge in [0.1, 0.15) is 11.8 Å². The Morgan fingerprint density at radius 1 is 1.00 bits per heavy atom. The first-order valence-corrected chi connectivity index (χ1v) is 20.1. The van der Waals surface area contributed by atoms with E-state index < -0.39 is 11.9 Å². The van der Waals surface area contributed by atoms with E-state index in [1.54, 1.807) is 41.5 Å². The topological polar surface area (TPSA) is 136 Å². The molecule has 3 fully saturated rings. The molecule has 3 aliphatic rings. The van der Waals surface area contributed by atoms with Crippen molar-refractivity contribution in [2.45, 2.75) is 69.5 Å². The number of fused-ring (bicyclic) bond motifs is 2. The number of amides is 3. The molecular formula is C41H46Cl2N8O5. The Balaban J connectivity index is 0.870. The number of nitrogens with one attached hydrogen (secondary N) is 2. The second kappa shape index (κ2) is 15.6. The molecule has 294 valence electrons. The van der Waals surface area contributed by atoms with Crippen LogP contribution in [0.25, 0.3) is 21.9 Å². The summed E-state index contributed by atoms with van der Waals surface area (Å²) in [5.41, 5.74) is 3.92. The Morgan fingerprint density at radius 3 is 2.48 bits per heavy atom. The van der Waals surface area contributed by atoms with Gasteiger partial charge >= 0.3 is 5.69 Å². The third-order valence-electron chi connectivity index (χ3n) is 12.1. The maximum Gasteiger partial charge on any atom is 0.329 e. The standard InChI is InChI=1S/C41H46Cl2N8O5/c1-47(26-16-18-49(19-17-26)32-8-5-9-33-38(32)48(2)41(55)51(33)34-14-15-36(52)45-40(34)54)22-24-10-12-27(13-11-24)50-23-25-20-31(35(56-3)21-30(25)46-50)44-39(53)28-6-4-7-29(42)37(28)43/h4-9,20-21,23-24,26-27,34H,10-19,22H2,1-3H3,(H,44,53)(H,45,52,54)/t24-,27-,34?. The number of aryl methyl sites for hydroxylation is 1. The van der Waals surface area contributed by atoms with Crippen LogP contribution in [0.2, 0.25) is 10.0 Å². The van der Waals surface area contributed by atoms with Crippen LogP contribution >= 0.6 is 23.2 Å². The van der Waals surface area contributed by atoms with Crippen molar-refractivity contribution in [2.75, 3.05) is 44.0 Å². The Kier molecular flexibility index (Phi) is 10.6. The number of piperidine rings is 2. The number of benzene rings is 3. The van der Waals surface area contributed by atoms with Gasteiger partial charge in [-0.2, -0.15) is 5.10 Å². The molecule has 15 heteroatoms. The van der Waals surface area contributed by atoms with Gasteiger partial charge < -0.3 is 19.9 Å². The smallest absolute Gasteiger partial charge is 0.329 e. The Hall–Kier alpha value is -4.85.